The Morgan fingerprint density at radius 2 is 2.06 bits per heavy atom. The quantitative estimate of drug-likeness (QED) is 0.820. The van der Waals surface area contributed by atoms with E-state index in [0.717, 1.165) is 0 Å². The first-order valence-electron chi connectivity index (χ1n) is 5.13. The number of aromatic nitrogens is 1. The molecule has 2 rings (SSSR count). The third-order valence-electron chi connectivity index (χ3n) is 2.21. The maximum Gasteiger partial charge on any atom is 0.256 e. The first kappa shape index (κ1) is 11.7. The summed E-state index contributed by atoms with van der Waals surface area (Å²) in [5, 5.41) is 11.2. The van der Waals surface area contributed by atoms with Crippen molar-refractivity contribution < 1.29 is 9.18 Å². The standard InChI is InChI=1S/C13H8FN3O/c14-11-5-2-6-12(16-11)17-13(18)10-4-1-3-9(7-10)8-15/h1-7H,(H,16,17,18). The normalized spacial score (nSPS) is 9.56. The molecule has 4 nitrogen and oxygen atoms in total. The molecule has 0 bridgehead atoms. The van der Waals surface area contributed by atoms with Crippen LogP contribution in [0.3, 0.4) is 0 Å². The van der Waals surface area contributed by atoms with Gasteiger partial charge in [0.25, 0.3) is 5.91 Å². The van der Waals surface area contributed by atoms with Crippen LogP contribution in [0, 0.1) is 17.3 Å². The number of halogens is 1. The van der Waals surface area contributed by atoms with Crippen molar-refractivity contribution in [1.82, 2.24) is 4.98 Å². The van der Waals surface area contributed by atoms with E-state index in [1.807, 2.05) is 6.07 Å². The van der Waals surface area contributed by atoms with Gasteiger partial charge < -0.3 is 5.32 Å². The van der Waals surface area contributed by atoms with Gasteiger partial charge in [0.2, 0.25) is 5.95 Å². The highest BCUT2D eigenvalue weighted by atomic mass is 19.1. The van der Waals surface area contributed by atoms with Crippen molar-refractivity contribution in [3.05, 3.63) is 59.5 Å². The smallest absolute Gasteiger partial charge is 0.256 e. The summed E-state index contributed by atoms with van der Waals surface area (Å²) in [6.07, 6.45) is 0. The van der Waals surface area contributed by atoms with Gasteiger partial charge in [-0.2, -0.15) is 9.65 Å². The number of nitriles is 1. The summed E-state index contributed by atoms with van der Waals surface area (Å²) < 4.78 is 12.8. The van der Waals surface area contributed by atoms with Gasteiger partial charge in [0.1, 0.15) is 5.82 Å². The van der Waals surface area contributed by atoms with Gasteiger partial charge in [0.15, 0.2) is 0 Å². The second-order valence-electron chi connectivity index (χ2n) is 3.49. The third-order valence-corrected chi connectivity index (χ3v) is 2.21. The molecule has 88 valence electrons. The van der Waals surface area contributed by atoms with E-state index in [4.69, 9.17) is 5.26 Å². The van der Waals surface area contributed by atoms with E-state index in [1.165, 1.54) is 24.3 Å². The van der Waals surface area contributed by atoms with E-state index in [0.29, 0.717) is 11.1 Å². The summed E-state index contributed by atoms with van der Waals surface area (Å²) in [5.74, 6) is -0.980. The van der Waals surface area contributed by atoms with Gasteiger partial charge >= 0.3 is 0 Å². The van der Waals surface area contributed by atoms with Crippen LogP contribution in [0.1, 0.15) is 15.9 Å². The van der Waals surface area contributed by atoms with Crippen molar-refractivity contribution in [2.75, 3.05) is 5.32 Å². The van der Waals surface area contributed by atoms with Gasteiger partial charge in [-0.3, -0.25) is 4.79 Å². The first-order valence-corrected chi connectivity index (χ1v) is 5.13. The Labute approximate surface area is 103 Å². The summed E-state index contributed by atoms with van der Waals surface area (Å²) in [6, 6.07) is 12.3. The monoisotopic (exact) mass is 241 g/mol. The molecule has 1 heterocycles. The number of carbonyl (C=O) groups excluding carboxylic acids is 1. The first-order chi connectivity index (χ1) is 8.69. The molecule has 0 radical (unpaired) electrons. The van der Waals surface area contributed by atoms with E-state index in [2.05, 4.69) is 10.3 Å². The van der Waals surface area contributed by atoms with Crippen LogP contribution in [0.15, 0.2) is 42.5 Å². The fourth-order valence-electron chi connectivity index (χ4n) is 1.40. The molecule has 0 saturated carbocycles. The molecule has 0 aliphatic carbocycles. The van der Waals surface area contributed by atoms with E-state index < -0.39 is 11.9 Å². The minimum Gasteiger partial charge on any atom is -0.306 e. The Morgan fingerprint density at radius 1 is 1.28 bits per heavy atom. The second-order valence-corrected chi connectivity index (χ2v) is 3.49. The Bertz CT molecular complexity index is 634. The SMILES string of the molecule is N#Cc1cccc(C(=O)Nc2cccc(F)n2)c1. The second kappa shape index (κ2) is 5.06. The van der Waals surface area contributed by atoms with Gasteiger partial charge in [0.05, 0.1) is 11.6 Å². The van der Waals surface area contributed by atoms with Crippen molar-refractivity contribution in [2.45, 2.75) is 0 Å². The van der Waals surface area contributed by atoms with Gasteiger partial charge in [-0.1, -0.05) is 12.1 Å². The van der Waals surface area contributed by atoms with Gasteiger partial charge in [0, 0.05) is 5.56 Å². The van der Waals surface area contributed by atoms with E-state index >= 15 is 0 Å². The lowest BCUT2D eigenvalue weighted by molar-refractivity contribution is 0.102. The number of carbonyl (C=O) groups is 1. The summed E-state index contributed by atoms with van der Waals surface area (Å²) in [7, 11) is 0. The fourth-order valence-corrected chi connectivity index (χ4v) is 1.40. The molecular formula is C13H8FN3O. The Morgan fingerprint density at radius 3 is 2.78 bits per heavy atom. The number of pyridine rings is 1. The molecule has 5 heteroatoms. The summed E-state index contributed by atoms with van der Waals surface area (Å²) >= 11 is 0. The highest BCUT2D eigenvalue weighted by Gasteiger charge is 2.07. The molecule has 1 amide bonds. The lowest BCUT2D eigenvalue weighted by atomic mass is 10.1. The number of rotatable bonds is 2. The number of amides is 1. The summed E-state index contributed by atoms with van der Waals surface area (Å²) in [4.78, 5) is 15.3. The fraction of sp³-hybridized carbons (Fsp3) is 0. The van der Waals surface area contributed by atoms with Gasteiger partial charge in [-0.15, -0.1) is 0 Å². The molecule has 1 N–H and O–H groups in total. The zero-order valence-electron chi connectivity index (χ0n) is 9.22. The molecule has 0 aliphatic rings. The molecule has 2 aromatic rings. The maximum absolute atomic E-state index is 12.8. The largest absolute Gasteiger partial charge is 0.306 e. The topological polar surface area (TPSA) is 65.8 Å². The van der Waals surface area contributed by atoms with Gasteiger partial charge in [-0.25, -0.2) is 4.98 Å². The van der Waals surface area contributed by atoms with Crippen LogP contribution in [0.4, 0.5) is 10.2 Å². The number of anilines is 1. The van der Waals surface area contributed by atoms with Crippen LogP contribution in [0.5, 0.6) is 0 Å². The number of hydrogen-bond acceptors (Lipinski definition) is 3. The predicted molar refractivity (Wildman–Crippen MR) is 63.3 cm³/mol. The predicted octanol–water partition coefficient (Wildman–Crippen LogP) is 2.34. The zero-order chi connectivity index (χ0) is 13.0. The Balaban J connectivity index is 2.20. The van der Waals surface area contributed by atoms with Crippen molar-refractivity contribution in [1.29, 1.82) is 5.26 Å². The van der Waals surface area contributed by atoms with E-state index in [9.17, 15) is 9.18 Å². The van der Waals surface area contributed by atoms with Crippen molar-refractivity contribution >= 4 is 11.7 Å². The van der Waals surface area contributed by atoms with Crippen LogP contribution in [-0.2, 0) is 0 Å². The average Bonchev–Trinajstić information content (AvgIpc) is 2.39. The van der Waals surface area contributed by atoms with Crippen LogP contribution >= 0.6 is 0 Å². The van der Waals surface area contributed by atoms with Crippen LogP contribution < -0.4 is 5.32 Å². The molecule has 0 atom stereocenters. The molecule has 1 aromatic heterocycles. The number of nitrogens with one attached hydrogen (secondary N) is 1. The number of benzene rings is 1. The molecule has 1 aromatic carbocycles. The molecule has 18 heavy (non-hydrogen) atoms. The molecule has 0 saturated heterocycles. The summed E-state index contributed by atoms with van der Waals surface area (Å²) in [6.45, 7) is 0. The van der Waals surface area contributed by atoms with Crippen molar-refractivity contribution in [3.63, 3.8) is 0 Å². The minimum absolute atomic E-state index is 0.127. The van der Waals surface area contributed by atoms with Gasteiger partial charge in [-0.05, 0) is 30.3 Å². The van der Waals surface area contributed by atoms with E-state index in [1.54, 1.807) is 18.2 Å². The van der Waals surface area contributed by atoms with Crippen LogP contribution in [0.25, 0.3) is 0 Å². The van der Waals surface area contributed by atoms with Crippen molar-refractivity contribution in [3.8, 4) is 6.07 Å². The molecule has 0 aliphatic heterocycles. The lowest BCUT2D eigenvalue weighted by Crippen LogP contribution is -2.13. The number of hydrogen-bond donors (Lipinski definition) is 1. The highest BCUT2D eigenvalue weighted by Crippen LogP contribution is 2.09. The zero-order valence-corrected chi connectivity index (χ0v) is 9.22. The van der Waals surface area contributed by atoms with Crippen molar-refractivity contribution in [2.24, 2.45) is 0 Å². The minimum atomic E-state index is -0.668. The molecular weight excluding hydrogens is 233 g/mol. The third kappa shape index (κ3) is 2.68. The van der Waals surface area contributed by atoms with Crippen LogP contribution in [0.2, 0.25) is 0 Å². The summed E-state index contributed by atoms with van der Waals surface area (Å²) in [5.41, 5.74) is 0.704. The highest BCUT2D eigenvalue weighted by molar-refractivity contribution is 6.03. The molecule has 0 spiro atoms. The maximum atomic E-state index is 12.8. The number of nitrogens with zero attached hydrogens (tertiary/aromatic N) is 2. The van der Waals surface area contributed by atoms with Crippen LogP contribution in [-0.4, -0.2) is 10.9 Å². The lowest BCUT2D eigenvalue weighted by Gasteiger charge is -2.04. The Kier molecular flexibility index (Phi) is 3.30. The average molecular weight is 241 g/mol. The Hall–Kier alpha value is -2.74. The molecule has 0 unspecified atom stereocenters. The van der Waals surface area contributed by atoms with E-state index in [-0.39, 0.29) is 5.82 Å². The molecule has 0 fully saturated rings.